The van der Waals surface area contributed by atoms with Crippen LogP contribution in [-0.4, -0.2) is 74.5 Å². The van der Waals surface area contributed by atoms with Crippen LogP contribution in [0.15, 0.2) is 18.5 Å². The maximum absolute atomic E-state index is 12.4. The molecule has 2 aliphatic heterocycles. The second-order valence-corrected chi connectivity index (χ2v) is 6.44. The van der Waals surface area contributed by atoms with Gasteiger partial charge in [-0.3, -0.25) is 10.1 Å². The van der Waals surface area contributed by atoms with Gasteiger partial charge in [0.2, 0.25) is 5.91 Å². The maximum atomic E-state index is 12.4. The summed E-state index contributed by atoms with van der Waals surface area (Å²) in [5, 5.41) is 15.5. The number of anilines is 1. The number of thioether (sulfide) groups is 1. The third-order valence-electron chi connectivity index (χ3n) is 4.08. The summed E-state index contributed by atoms with van der Waals surface area (Å²) in [6, 6.07) is 3.85. The molecule has 4 rings (SSSR count). The third-order valence-corrected chi connectivity index (χ3v) is 5.02. The van der Waals surface area contributed by atoms with Crippen LogP contribution in [0.2, 0.25) is 0 Å². The molecule has 0 aliphatic carbocycles. The van der Waals surface area contributed by atoms with Crippen LogP contribution in [-0.2, 0) is 4.79 Å². The van der Waals surface area contributed by atoms with Gasteiger partial charge in [-0.1, -0.05) is 0 Å². The lowest BCUT2D eigenvalue weighted by molar-refractivity contribution is -0.132. The van der Waals surface area contributed by atoms with Gasteiger partial charge in [0.15, 0.2) is 5.65 Å². The van der Waals surface area contributed by atoms with Crippen molar-refractivity contribution in [2.45, 2.75) is 6.04 Å². The number of nitrogens with one attached hydrogen (secondary N) is 1. The van der Waals surface area contributed by atoms with Crippen LogP contribution in [0.3, 0.4) is 0 Å². The lowest BCUT2D eigenvalue weighted by Crippen LogP contribution is -2.53. The van der Waals surface area contributed by atoms with E-state index in [0.717, 1.165) is 49.3 Å². The van der Waals surface area contributed by atoms with Gasteiger partial charge in [-0.05, 0) is 12.1 Å². The number of carbonyl (C=O) groups excluding carboxylic acids is 1. The van der Waals surface area contributed by atoms with Gasteiger partial charge in [0.1, 0.15) is 12.1 Å². The fraction of sp³-hybridized carbons (Fsp3) is 0.538. The molecule has 2 aromatic rings. The van der Waals surface area contributed by atoms with Crippen molar-refractivity contribution < 1.29 is 4.79 Å². The fourth-order valence-electron chi connectivity index (χ4n) is 2.82. The smallest absolute Gasteiger partial charge is 0.240 e. The Kier molecular flexibility index (Phi) is 6.50. The molecule has 4 heterocycles. The van der Waals surface area contributed by atoms with Gasteiger partial charge in [-0.25, -0.2) is 0 Å². The fourth-order valence-corrected chi connectivity index (χ4v) is 3.75. The zero-order valence-corrected chi connectivity index (χ0v) is 15.3. The molecule has 8 nitrogen and oxygen atoms in total. The van der Waals surface area contributed by atoms with Crippen molar-refractivity contribution in [2.24, 2.45) is 0 Å². The Bertz CT molecular complexity index is 686. The molecule has 2 aromatic heterocycles. The number of carbonyl (C=O) groups is 1. The van der Waals surface area contributed by atoms with E-state index in [1.165, 1.54) is 0 Å². The molecule has 1 unspecified atom stereocenters. The number of hydrogen-bond donors (Lipinski definition) is 1. The standard InChI is InChI=1S/C13H17N7OS.2ClH/c21-13(10-7-22-9-14-10)19-5-3-18(4-6-19)12-2-1-11-16-15-8-20(11)17-12;;/h1-2,8,10,14H,3-7,9H2;2*1H. The summed E-state index contributed by atoms with van der Waals surface area (Å²) in [6.45, 7) is 3.08. The van der Waals surface area contributed by atoms with Gasteiger partial charge in [0, 0.05) is 37.8 Å². The normalized spacial score (nSPS) is 20.6. The Hall–Kier alpha value is -1.29. The summed E-state index contributed by atoms with van der Waals surface area (Å²) >= 11 is 1.78. The molecule has 24 heavy (non-hydrogen) atoms. The van der Waals surface area contributed by atoms with Gasteiger partial charge in [-0.2, -0.15) is 4.52 Å². The van der Waals surface area contributed by atoms with Crippen molar-refractivity contribution in [3.8, 4) is 0 Å². The third kappa shape index (κ3) is 3.69. The Labute approximate surface area is 156 Å². The van der Waals surface area contributed by atoms with Gasteiger partial charge in [0.05, 0.1) is 6.04 Å². The Morgan fingerprint density at radius 3 is 2.71 bits per heavy atom. The molecule has 2 fully saturated rings. The predicted molar refractivity (Wildman–Crippen MR) is 98.3 cm³/mol. The van der Waals surface area contributed by atoms with E-state index in [4.69, 9.17) is 0 Å². The molecular weight excluding hydrogens is 373 g/mol. The molecule has 0 bridgehead atoms. The van der Waals surface area contributed by atoms with E-state index in [1.807, 2.05) is 17.0 Å². The van der Waals surface area contributed by atoms with Crippen molar-refractivity contribution in [3.05, 3.63) is 18.5 Å². The number of hydrogen-bond acceptors (Lipinski definition) is 7. The van der Waals surface area contributed by atoms with Crippen LogP contribution < -0.4 is 10.2 Å². The lowest BCUT2D eigenvalue weighted by atomic mass is 10.2. The summed E-state index contributed by atoms with van der Waals surface area (Å²) in [5.41, 5.74) is 0.738. The quantitative estimate of drug-likeness (QED) is 0.787. The summed E-state index contributed by atoms with van der Waals surface area (Å²) < 4.78 is 1.67. The SMILES string of the molecule is Cl.Cl.O=C(C1CSCN1)N1CCN(c2ccc3nncn3n2)CC1. The minimum atomic E-state index is -0.0111. The molecule has 0 aromatic carbocycles. The highest BCUT2D eigenvalue weighted by Gasteiger charge is 2.29. The molecule has 1 atom stereocenters. The zero-order chi connectivity index (χ0) is 14.9. The predicted octanol–water partition coefficient (Wildman–Crippen LogP) is 0.279. The Morgan fingerprint density at radius 1 is 1.21 bits per heavy atom. The highest BCUT2D eigenvalue weighted by atomic mass is 35.5. The van der Waals surface area contributed by atoms with Crippen molar-refractivity contribution in [1.29, 1.82) is 0 Å². The first kappa shape index (κ1) is 19.0. The zero-order valence-electron chi connectivity index (χ0n) is 12.9. The van der Waals surface area contributed by atoms with Crippen molar-refractivity contribution >= 4 is 53.9 Å². The molecule has 1 N–H and O–H groups in total. The van der Waals surface area contributed by atoms with Gasteiger partial charge in [-0.15, -0.1) is 51.9 Å². The van der Waals surface area contributed by atoms with E-state index in [0.29, 0.717) is 0 Å². The average Bonchev–Trinajstić information content (AvgIpc) is 3.25. The minimum absolute atomic E-state index is 0. The van der Waals surface area contributed by atoms with Gasteiger partial charge < -0.3 is 9.80 Å². The molecule has 0 saturated carbocycles. The molecule has 0 radical (unpaired) electrons. The highest BCUT2D eigenvalue weighted by Crippen LogP contribution is 2.16. The number of halogens is 2. The van der Waals surface area contributed by atoms with E-state index in [1.54, 1.807) is 22.6 Å². The summed E-state index contributed by atoms with van der Waals surface area (Å²) in [7, 11) is 0. The van der Waals surface area contributed by atoms with Crippen LogP contribution in [0.4, 0.5) is 5.82 Å². The van der Waals surface area contributed by atoms with E-state index in [2.05, 4.69) is 25.5 Å². The molecule has 132 valence electrons. The van der Waals surface area contributed by atoms with Crippen LogP contribution in [0.25, 0.3) is 5.65 Å². The second kappa shape index (κ2) is 8.19. The van der Waals surface area contributed by atoms with Crippen LogP contribution in [0, 0.1) is 0 Å². The number of amides is 1. The molecule has 0 spiro atoms. The van der Waals surface area contributed by atoms with Crippen molar-refractivity contribution in [1.82, 2.24) is 30.0 Å². The largest absolute Gasteiger partial charge is 0.352 e. The highest BCUT2D eigenvalue weighted by molar-refractivity contribution is 7.99. The van der Waals surface area contributed by atoms with Crippen LogP contribution >= 0.6 is 36.6 Å². The number of aromatic nitrogens is 4. The van der Waals surface area contributed by atoms with Crippen LogP contribution in [0.1, 0.15) is 0 Å². The molecule has 11 heteroatoms. The molecular formula is C13H19Cl2N7OS. The first-order chi connectivity index (χ1) is 10.8. The number of nitrogens with zero attached hydrogens (tertiary/aromatic N) is 6. The minimum Gasteiger partial charge on any atom is -0.352 e. The van der Waals surface area contributed by atoms with Crippen LogP contribution in [0.5, 0.6) is 0 Å². The molecule has 2 saturated heterocycles. The molecule has 2 aliphatic rings. The monoisotopic (exact) mass is 391 g/mol. The Morgan fingerprint density at radius 2 is 2.00 bits per heavy atom. The molecule has 1 amide bonds. The summed E-state index contributed by atoms with van der Waals surface area (Å²) in [4.78, 5) is 16.5. The van der Waals surface area contributed by atoms with Gasteiger partial charge in [0.25, 0.3) is 0 Å². The average molecular weight is 392 g/mol. The first-order valence-electron chi connectivity index (χ1n) is 7.33. The number of piperazine rings is 1. The lowest BCUT2D eigenvalue weighted by Gasteiger charge is -2.36. The number of fused-ring (bicyclic) bond motifs is 1. The summed E-state index contributed by atoms with van der Waals surface area (Å²) in [6.07, 6.45) is 1.60. The van der Waals surface area contributed by atoms with E-state index in [-0.39, 0.29) is 36.8 Å². The van der Waals surface area contributed by atoms with Crippen molar-refractivity contribution in [3.63, 3.8) is 0 Å². The number of rotatable bonds is 2. The maximum Gasteiger partial charge on any atom is 0.240 e. The van der Waals surface area contributed by atoms with E-state index in [9.17, 15) is 4.79 Å². The Balaban J connectivity index is 0.00000104. The van der Waals surface area contributed by atoms with E-state index >= 15 is 0 Å². The van der Waals surface area contributed by atoms with Crippen molar-refractivity contribution in [2.75, 3.05) is 42.7 Å². The second-order valence-electron chi connectivity index (χ2n) is 5.41. The van der Waals surface area contributed by atoms with Gasteiger partial charge >= 0.3 is 0 Å². The topological polar surface area (TPSA) is 78.7 Å². The first-order valence-corrected chi connectivity index (χ1v) is 8.49. The summed E-state index contributed by atoms with van der Waals surface area (Å²) in [5.74, 6) is 2.88. The van der Waals surface area contributed by atoms with E-state index < -0.39 is 0 Å².